The third kappa shape index (κ3) is 4.86. The molecular weight excluding hydrogens is 176 g/mol. The fourth-order valence-electron chi connectivity index (χ4n) is 0.559. The van der Waals surface area contributed by atoms with E-state index in [1.165, 1.54) is 6.92 Å². The summed E-state index contributed by atoms with van der Waals surface area (Å²) in [6.45, 7) is 0.945. The Labute approximate surface area is 75.0 Å². The Balaban J connectivity index is 4.16. The number of allylic oxidation sites excluding steroid dienone is 1. The molecule has 72 valence electrons. The van der Waals surface area contributed by atoms with Crippen molar-refractivity contribution in [3.8, 4) is 0 Å². The van der Waals surface area contributed by atoms with Gasteiger partial charge in [0.15, 0.2) is 6.29 Å². The number of aliphatic hydroxyl groups excluding tert-OH is 1. The zero-order chi connectivity index (χ0) is 10.3. The molecule has 0 saturated heterocycles. The van der Waals surface area contributed by atoms with Crippen molar-refractivity contribution in [3.63, 3.8) is 0 Å². The van der Waals surface area contributed by atoms with Gasteiger partial charge in [0.1, 0.15) is 6.61 Å². The number of rotatable bonds is 5. The van der Waals surface area contributed by atoms with Crippen LogP contribution in [0.4, 0.5) is 0 Å². The maximum atomic E-state index is 10.9. The zero-order valence-electron chi connectivity index (χ0n) is 7.15. The highest BCUT2D eigenvalue weighted by atomic mass is 16.5. The number of hydrogen-bond acceptors (Lipinski definition) is 5. The lowest BCUT2D eigenvalue weighted by Crippen LogP contribution is -2.10. The number of ketones is 1. The van der Waals surface area contributed by atoms with Crippen molar-refractivity contribution in [2.24, 2.45) is 0 Å². The van der Waals surface area contributed by atoms with E-state index in [0.717, 1.165) is 6.08 Å². The van der Waals surface area contributed by atoms with E-state index in [-0.39, 0.29) is 25.1 Å². The number of aliphatic hydroxyl groups is 1. The largest absolute Gasteiger partial charge is 0.460 e. The number of esters is 1. The summed E-state index contributed by atoms with van der Waals surface area (Å²) in [5.41, 5.74) is 0.0329. The normalized spacial score (nSPS) is 10.8. The van der Waals surface area contributed by atoms with Crippen molar-refractivity contribution in [2.45, 2.75) is 6.92 Å². The van der Waals surface area contributed by atoms with Crippen LogP contribution in [-0.4, -0.2) is 36.4 Å². The first kappa shape index (κ1) is 11.5. The highest BCUT2D eigenvalue weighted by Crippen LogP contribution is 1.95. The van der Waals surface area contributed by atoms with E-state index in [0.29, 0.717) is 0 Å². The summed E-state index contributed by atoms with van der Waals surface area (Å²) in [4.78, 5) is 31.3. The van der Waals surface area contributed by atoms with E-state index < -0.39 is 11.8 Å². The van der Waals surface area contributed by atoms with Gasteiger partial charge in [0.05, 0.1) is 6.61 Å². The lowest BCUT2D eigenvalue weighted by Gasteiger charge is -2.00. The molecule has 0 heterocycles. The molecule has 1 N–H and O–H groups in total. The SMILES string of the molecule is CC(=CC(=O)C=O)C(=O)OCCO. The molecule has 13 heavy (non-hydrogen) atoms. The first-order chi connectivity index (χ1) is 6.11. The van der Waals surface area contributed by atoms with Gasteiger partial charge in [0.2, 0.25) is 5.78 Å². The predicted octanol–water partition coefficient (Wildman–Crippen LogP) is -0.764. The topological polar surface area (TPSA) is 80.7 Å². The molecule has 0 aromatic carbocycles. The van der Waals surface area contributed by atoms with Gasteiger partial charge >= 0.3 is 5.97 Å². The van der Waals surface area contributed by atoms with Crippen LogP contribution in [0.2, 0.25) is 0 Å². The number of carbonyl (C=O) groups excluding carboxylic acids is 3. The average Bonchev–Trinajstić information content (AvgIpc) is 2.13. The molecule has 0 aliphatic heterocycles. The minimum atomic E-state index is -0.793. The molecule has 0 radical (unpaired) electrons. The lowest BCUT2D eigenvalue weighted by molar-refractivity contribution is -0.140. The summed E-state index contributed by atoms with van der Waals surface area (Å²) < 4.78 is 4.47. The molecule has 0 bridgehead atoms. The number of hydrogen-bond donors (Lipinski definition) is 1. The number of ether oxygens (including phenoxy) is 1. The van der Waals surface area contributed by atoms with Crippen LogP contribution in [0.1, 0.15) is 6.92 Å². The van der Waals surface area contributed by atoms with Crippen LogP contribution in [0.15, 0.2) is 11.6 Å². The van der Waals surface area contributed by atoms with E-state index in [2.05, 4.69) is 4.74 Å². The molecule has 5 nitrogen and oxygen atoms in total. The maximum absolute atomic E-state index is 10.9. The summed E-state index contributed by atoms with van der Waals surface area (Å²) in [6, 6.07) is 0. The first-order valence-corrected chi connectivity index (χ1v) is 3.57. The molecule has 0 amide bonds. The van der Waals surface area contributed by atoms with Gasteiger partial charge in [-0.05, 0) is 13.0 Å². The van der Waals surface area contributed by atoms with Crippen LogP contribution >= 0.6 is 0 Å². The highest BCUT2D eigenvalue weighted by Gasteiger charge is 2.06. The van der Waals surface area contributed by atoms with Crippen LogP contribution in [-0.2, 0) is 19.1 Å². The van der Waals surface area contributed by atoms with E-state index >= 15 is 0 Å². The standard InChI is InChI=1S/C8H10O5/c1-6(4-7(11)5-10)8(12)13-3-2-9/h4-5,9H,2-3H2,1H3. The second-order valence-corrected chi connectivity index (χ2v) is 2.21. The highest BCUT2D eigenvalue weighted by molar-refractivity contribution is 6.31. The Morgan fingerprint density at radius 3 is 2.54 bits per heavy atom. The van der Waals surface area contributed by atoms with Crippen molar-refractivity contribution < 1.29 is 24.2 Å². The van der Waals surface area contributed by atoms with Gasteiger partial charge in [0.25, 0.3) is 0 Å². The van der Waals surface area contributed by atoms with Crippen LogP contribution < -0.4 is 0 Å². The van der Waals surface area contributed by atoms with Gasteiger partial charge in [0, 0.05) is 5.57 Å². The molecule has 0 aliphatic carbocycles. The Kier molecular flexibility index (Phi) is 5.38. The molecule has 0 saturated carbocycles. The fraction of sp³-hybridized carbons (Fsp3) is 0.375. The number of aldehydes is 1. The van der Waals surface area contributed by atoms with Crippen molar-refractivity contribution >= 4 is 18.0 Å². The average molecular weight is 186 g/mol. The van der Waals surface area contributed by atoms with Gasteiger partial charge in [-0.1, -0.05) is 0 Å². The minimum absolute atomic E-state index is 0.0329. The molecule has 0 aromatic rings. The number of carbonyl (C=O) groups is 3. The zero-order valence-corrected chi connectivity index (χ0v) is 7.15. The molecule has 0 spiro atoms. The summed E-state index contributed by atoms with van der Waals surface area (Å²) in [7, 11) is 0. The van der Waals surface area contributed by atoms with E-state index in [1.807, 2.05) is 0 Å². The molecule has 0 aliphatic rings. The summed E-state index contributed by atoms with van der Waals surface area (Å²) in [6.07, 6.45) is 0.982. The van der Waals surface area contributed by atoms with Gasteiger partial charge in [-0.25, -0.2) is 4.79 Å². The third-order valence-electron chi connectivity index (χ3n) is 1.12. The fourth-order valence-corrected chi connectivity index (χ4v) is 0.559. The van der Waals surface area contributed by atoms with E-state index in [9.17, 15) is 14.4 Å². The van der Waals surface area contributed by atoms with Crippen LogP contribution in [0, 0.1) is 0 Å². The van der Waals surface area contributed by atoms with Gasteiger partial charge < -0.3 is 9.84 Å². The first-order valence-electron chi connectivity index (χ1n) is 3.57. The summed E-state index contributed by atoms with van der Waals surface area (Å²) >= 11 is 0. The predicted molar refractivity (Wildman–Crippen MR) is 42.9 cm³/mol. The summed E-state index contributed by atoms with van der Waals surface area (Å²) in [5, 5.41) is 8.31. The Morgan fingerprint density at radius 1 is 1.46 bits per heavy atom. The smallest absolute Gasteiger partial charge is 0.333 e. The Morgan fingerprint density at radius 2 is 2.08 bits per heavy atom. The van der Waals surface area contributed by atoms with Crippen molar-refractivity contribution in [3.05, 3.63) is 11.6 Å². The lowest BCUT2D eigenvalue weighted by atomic mass is 10.2. The molecule has 5 heteroatoms. The van der Waals surface area contributed by atoms with Crippen molar-refractivity contribution in [2.75, 3.05) is 13.2 Å². The van der Waals surface area contributed by atoms with Crippen LogP contribution in [0.5, 0.6) is 0 Å². The molecule has 0 atom stereocenters. The van der Waals surface area contributed by atoms with Gasteiger partial charge in [-0.15, -0.1) is 0 Å². The van der Waals surface area contributed by atoms with Gasteiger partial charge in [-0.2, -0.15) is 0 Å². The summed E-state index contributed by atoms with van der Waals surface area (Å²) in [5.74, 6) is -1.51. The van der Waals surface area contributed by atoms with Gasteiger partial charge in [-0.3, -0.25) is 9.59 Å². The van der Waals surface area contributed by atoms with Crippen LogP contribution in [0.25, 0.3) is 0 Å². The third-order valence-corrected chi connectivity index (χ3v) is 1.12. The second kappa shape index (κ2) is 6.07. The van der Waals surface area contributed by atoms with Crippen molar-refractivity contribution in [1.82, 2.24) is 0 Å². The monoisotopic (exact) mass is 186 g/mol. The molecular formula is C8H10O5. The van der Waals surface area contributed by atoms with E-state index in [1.54, 1.807) is 0 Å². The minimum Gasteiger partial charge on any atom is -0.460 e. The second-order valence-electron chi connectivity index (χ2n) is 2.21. The molecule has 0 rings (SSSR count). The molecule has 0 unspecified atom stereocenters. The Bertz CT molecular complexity index is 241. The molecule has 0 aromatic heterocycles. The van der Waals surface area contributed by atoms with E-state index in [4.69, 9.17) is 5.11 Å². The quantitative estimate of drug-likeness (QED) is 0.264. The Hall–Kier alpha value is -1.49. The van der Waals surface area contributed by atoms with Crippen molar-refractivity contribution in [1.29, 1.82) is 0 Å². The molecule has 0 fully saturated rings. The van der Waals surface area contributed by atoms with Crippen LogP contribution in [0.3, 0.4) is 0 Å². The maximum Gasteiger partial charge on any atom is 0.333 e.